The maximum atomic E-state index is 14.9. The summed E-state index contributed by atoms with van der Waals surface area (Å²) in [4.78, 5) is 10.6. The zero-order valence-electron chi connectivity index (χ0n) is 18.1. The molecule has 0 saturated carbocycles. The smallest absolute Gasteiger partial charge is 0.227 e. The summed E-state index contributed by atoms with van der Waals surface area (Å²) in [6, 6.07) is 9.18. The van der Waals surface area contributed by atoms with Gasteiger partial charge in [0.25, 0.3) is 0 Å². The molecule has 0 spiro atoms. The molecule has 0 bridgehead atoms. The van der Waals surface area contributed by atoms with Crippen LogP contribution in [0.3, 0.4) is 0 Å². The summed E-state index contributed by atoms with van der Waals surface area (Å²) in [6.45, 7) is 6.81. The Morgan fingerprint density at radius 3 is 2.91 bits per heavy atom. The lowest BCUT2D eigenvalue weighted by atomic mass is 9.99. The lowest BCUT2D eigenvalue weighted by Gasteiger charge is -2.34. The van der Waals surface area contributed by atoms with Crippen LogP contribution in [0.4, 0.5) is 26.1 Å². The molecule has 3 heterocycles. The van der Waals surface area contributed by atoms with Crippen LogP contribution >= 0.6 is 0 Å². The van der Waals surface area contributed by atoms with Gasteiger partial charge in [-0.3, -0.25) is 0 Å². The molecule has 0 aliphatic carbocycles. The first-order valence-corrected chi connectivity index (χ1v) is 10.9. The molecule has 166 valence electrons. The van der Waals surface area contributed by atoms with Crippen molar-refractivity contribution in [2.45, 2.75) is 32.9 Å². The third kappa shape index (κ3) is 3.75. The summed E-state index contributed by atoms with van der Waals surface area (Å²) in [5, 5.41) is 6.58. The summed E-state index contributed by atoms with van der Waals surface area (Å²) in [5.74, 6) is -0.670. The lowest BCUT2D eigenvalue weighted by molar-refractivity contribution is 0.287. The van der Waals surface area contributed by atoms with Gasteiger partial charge in [0.2, 0.25) is 5.95 Å². The van der Waals surface area contributed by atoms with E-state index in [4.69, 9.17) is 4.74 Å². The quantitative estimate of drug-likeness (QED) is 0.630. The van der Waals surface area contributed by atoms with Crippen LogP contribution in [-0.4, -0.2) is 35.7 Å². The molecule has 0 radical (unpaired) electrons. The monoisotopic (exact) mass is 437 g/mol. The SMILES string of the molecule is CC(C)N1CCOc2c(F)cc(-c3nc(Nc4cccc5c4CCNC5)ncc3F)cc21. The van der Waals surface area contributed by atoms with Crippen molar-refractivity contribution in [3.63, 3.8) is 0 Å². The maximum Gasteiger partial charge on any atom is 0.227 e. The van der Waals surface area contributed by atoms with E-state index >= 15 is 0 Å². The Morgan fingerprint density at radius 1 is 1.19 bits per heavy atom. The molecule has 0 amide bonds. The second kappa shape index (κ2) is 8.35. The highest BCUT2D eigenvalue weighted by Gasteiger charge is 2.26. The summed E-state index contributed by atoms with van der Waals surface area (Å²) < 4.78 is 35.2. The normalized spacial score (nSPS) is 15.2. The first-order valence-electron chi connectivity index (χ1n) is 10.9. The minimum Gasteiger partial charge on any atom is -0.486 e. The van der Waals surface area contributed by atoms with Gasteiger partial charge in [0, 0.05) is 23.8 Å². The Balaban J connectivity index is 1.53. The van der Waals surface area contributed by atoms with Crippen molar-refractivity contribution >= 4 is 17.3 Å². The van der Waals surface area contributed by atoms with Gasteiger partial charge in [-0.05, 0) is 56.1 Å². The topological polar surface area (TPSA) is 62.3 Å². The Morgan fingerprint density at radius 2 is 2.06 bits per heavy atom. The number of ether oxygens (including phenoxy) is 1. The number of benzene rings is 2. The van der Waals surface area contributed by atoms with E-state index in [0.717, 1.165) is 31.4 Å². The highest BCUT2D eigenvalue weighted by molar-refractivity contribution is 5.73. The molecule has 2 aliphatic heterocycles. The number of fused-ring (bicyclic) bond motifs is 2. The standard InChI is InChI=1S/C24H25F2N5O/c1-14(2)31-8-9-32-23-18(25)10-16(11-21(23)31)22-19(26)13-28-24(30-22)29-20-5-3-4-15-12-27-7-6-17(15)20/h3-5,10-11,13-14,27H,6-9,12H2,1-2H3,(H,28,29,30). The van der Waals surface area contributed by atoms with Crippen molar-refractivity contribution in [3.8, 4) is 17.0 Å². The largest absolute Gasteiger partial charge is 0.486 e. The van der Waals surface area contributed by atoms with Gasteiger partial charge in [-0.25, -0.2) is 18.7 Å². The van der Waals surface area contributed by atoms with Crippen LogP contribution in [0.2, 0.25) is 0 Å². The van der Waals surface area contributed by atoms with Crippen LogP contribution in [-0.2, 0) is 13.0 Å². The molecule has 0 saturated heterocycles. The summed E-state index contributed by atoms with van der Waals surface area (Å²) in [6.07, 6.45) is 2.00. The predicted octanol–water partition coefficient (Wildman–Crippen LogP) is 4.42. The van der Waals surface area contributed by atoms with E-state index in [2.05, 4.69) is 26.7 Å². The van der Waals surface area contributed by atoms with Crippen molar-refractivity contribution < 1.29 is 13.5 Å². The summed E-state index contributed by atoms with van der Waals surface area (Å²) in [7, 11) is 0. The van der Waals surface area contributed by atoms with Gasteiger partial charge in [0.15, 0.2) is 17.4 Å². The molecule has 1 aromatic heterocycles. The van der Waals surface area contributed by atoms with Gasteiger partial charge in [-0.15, -0.1) is 0 Å². The van der Waals surface area contributed by atoms with Crippen LogP contribution in [0.25, 0.3) is 11.3 Å². The molecular formula is C24H25F2N5O. The second-order valence-electron chi connectivity index (χ2n) is 8.33. The number of rotatable bonds is 4. The molecule has 2 aromatic carbocycles. The molecule has 2 N–H and O–H groups in total. The average Bonchev–Trinajstić information content (AvgIpc) is 2.80. The molecule has 2 aliphatic rings. The van der Waals surface area contributed by atoms with E-state index in [9.17, 15) is 8.78 Å². The fourth-order valence-electron chi connectivity index (χ4n) is 4.37. The van der Waals surface area contributed by atoms with Gasteiger partial charge in [-0.2, -0.15) is 0 Å². The summed E-state index contributed by atoms with van der Waals surface area (Å²) >= 11 is 0. The van der Waals surface area contributed by atoms with Gasteiger partial charge in [0.1, 0.15) is 12.3 Å². The van der Waals surface area contributed by atoms with E-state index in [1.807, 2.05) is 30.9 Å². The Hall–Kier alpha value is -3.26. The van der Waals surface area contributed by atoms with Gasteiger partial charge in [0.05, 0.1) is 18.4 Å². The molecule has 3 aromatic rings. The van der Waals surface area contributed by atoms with E-state index < -0.39 is 11.6 Å². The first kappa shape index (κ1) is 20.6. The number of nitrogens with one attached hydrogen (secondary N) is 2. The number of anilines is 3. The Labute approximate surface area is 185 Å². The van der Waals surface area contributed by atoms with Gasteiger partial charge >= 0.3 is 0 Å². The van der Waals surface area contributed by atoms with Crippen LogP contribution in [0.1, 0.15) is 25.0 Å². The molecular weight excluding hydrogens is 412 g/mol. The number of halogens is 2. The van der Waals surface area contributed by atoms with Crippen molar-refractivity contribution in [1.29, 1.82) is 0 Å². The third-order valence-corrected chi connectivity index (χ3v) is 5.94. The van der Waals surface area contributed by atoms with E-state index in [-0.39, 0.29) is 23.4 Å². The number of aromatic nitrogens is 2. The summed E-state index contributed by atoms with van der Waals surface area (Å²) in [5.41, 5.74) is 4.32. The zero-order chi connectivity index (χ0) is 22.2. The number of nitrogens with zero attached hydrogens (tertiary/aromatic N) is 3. The van der Waals surface area contributed by atoms with E-state index in [1.165, 1.54) is 17.2 Å². The minimum atomic E-state index is -0.609. The van der Waals surface area contributed by atoms with Crippen molar-refractivity contribution in [1.82, 2.24) is 15.3 Å². The highest BCUT2D eigenvalue weighted by atomic mass is 19.1. The third-order valence-electron chi connectivity index (χ3n) is 5.94. The lowest BCUT2D eigenvalue weighted by Crippen LogP contribution is -2.38. The van der Waals surface area contributed by atoms with Gasteiger partial charge in [-0.1, -0.05) is 12.1 Å². The minimum absolute atomic E-state index is 0.0462. The number of hydrogen-bond donors (Lipinski definition) is 2. The molecule has 8 heteroatoms. The molecule has 0 unspecified atom stereocenters. The molecule has 32 heavy (non-hydrogen) atoms. The molecule has 0 atom stereocenters. The molecule has 6 nitrogen and oxygen atoms in total. The van der Waals surface area contributed by atoms with Crippen LogP contribution in [0, 0.1) is 11.6 Å². The molecule has 0 fully saturated rings. The average molecular weight is 437 g/mol. The fourth-order valence-corrected chi connectivity index (χ4v) is 4.37. The van der Waals surface area contributed by atoms with Crippen LogP contribution in [0.5, 0.6) is 5.75 Å². The number of hydrogen-bond acceptors (Lipinski definition) is 6. The Bertz CT molecular complexity index is 1170. The maximum absolute atomic E-state index is 14.9. The van der Waals surface area contributed by atoms with Gasteiger partial charge < -0.3 is 20.3 Å². The van der Waals surface area contributed by atoms with Crippen molar-refractivity contribution in [3.05, 3.63) is 59.3 Å². The van der Waals surface area contributed by atoms with Crippen molar-refractivity contribution in [2.75, 3.05) is 29.9 Å². The van der Waals surface area contributed by atoms with Crippen LogP contribution < -0.4 is 20.3 Å². The Kier molecular flexibility index (Phi) is 5.38. The van der Waals surface area contributed by atoms with E-state index in [1.54, 1.807) is 6.07 Å². The molecule has 5 rings (SSSR count). The first-order chi connectivity index (χ1) is 15.5. The predicted molar refractivity (Wildman–Crippen MR) is 120 cm³/mol. The van der Waals surface area contributed by atoms with Crippen molar-refractivity contribution in [2.24, 2.45) is 0 Å². The highest BCUT2D eigenvalue weighted by Crippen LogP contribution is 2.39. The fraction of sp³-hybridized carbons (Fsp3) is 0.333. The second-order valence-corrected chi connectivity index (χ2v) is 8.33. The zero-order valence-corrected chi connectivity index (χ0v) is 18.1. The van der Waals surface area contributed by atoms with E-state index in [0.29, 0.717) is 24.4 Å². The van der Waals surface area contributed by atoms with Crippen LogP contribution in [0.15, 0.2) is 36.5 Å².